The molecule has 4 heteroatoms. The Morgan fingerprint density at radius 2 is 2.09 bits per heavy atom. The highest BCUT2D eigenvalue weighted by molar-refractivity contribution is 5.23. The molecule has 2 rings (SSSR count). The van der Waals surface area contributed by atoms with Crippen molar-refractivity contribution in [2.75, 3.05) is 6.54 Å². The maximum absolute atomic E-state index is 10.3. The Morgan fingerprint density at radius 1 is 1.36 bits per heavy atom. The number of pyridine rings is 1. The van der Waals surface area contributed by atoms with Crippen molar-refractivity contribution in [1.29, 1.82) is 5.26 Å². The Bertz CT molecular complexity index is 515. The number of aliphatic hydroxyl groups excluding tert-OH is 1. The first-order valence-corrected chi connectivity index (χ1v) is 8.30. The van der Waals surface area contributed by atoms with Crippen LogP contribution >= 0.6 is 0 Å². The van der Waals surface area contributed by atoms with E-state index >= 15 is 0 Å². The molecule has 1 aromatic heterocycles. The van der Waals surface area contributed by atoms with Gasteiger partial charge in [0.15, 0.2) is 0 Å². The van der Waals surface area contributed by atoms with E-state index in [1.807, 2.05) is 6.07 Å². The number of hydrogen-bond acceptors (Lipinski definition) is 4. The zero-order valence-electron chi connectivity index (χ0n) is 13.7. The molecular weight excluding hydrogens is 274 g/mol. The van der Waals surface area contributed by atoms with Crippen molar-refractivity contribution in [2.24, 2.45) is 5.92 Å². The first-order valence-electron chi connectivity index (χ1n) is 8.30. The zero-order chi connectivity index (χ0) is 16.0. The third kappa shape index (κ3) is 5.08. The van der Waals surface area contributed by atoms with Gasteiger partial charge in [-0.25, -0.2) is 4.98 Å². The van der Waals surface area contributed by atoms with Gasteiger partial charge >= 0.3 is 0 Å². The topological polar surface area (TPSA) is 68.9 Å². The lowest BCUT2D eigenvalue weighted by molar-refractivity contribution is 0.147. The predicted molar refractivity (Wildman–Crippen MR) is 87.2 cm³/mol. The van der Waals surface area contributed by atoms with Crippen LogP contribution in [0.4, 0.5) is 0 Å². The number of nitrogens with one attached hydrogen (secondary N) is 1. The van der Waals surface area contributed by atoms with Gasteiger partial charge in [0.1, 0.15) is 17.9 Å². The van der Waals surface area contributed by atoms with Crippen LogP contribution in [0.2, 0.25) is 0 Å². The van der Waals surface area contributed by atoms with E-state index in [1.54, 1.807) is 18.2 Å². The summed E-state index contributed by atoms with van der Waals surface area (Å²) in [5.74, 6) is 0.799. The lowest BCUT2D eigenvalue weighted by atomic mass is 9.81. The van der Waals surface area contributed by atoms with Crippen LogP contribution in [-0.2, 0) is 0 Å². The summed E-state index contributed by atoms with van der Waals surface area (Å²) in [7, 11) is 0. The Labute approximate surface area is 133 Å². The van der Waals surface area contributed by atoms with Crippen molar-refractivity contribution in [3.63, 3.8) is 0 Å². The third-order valence-corrected chi connectivity index (χ3v) is 4.52. The van der Waals surface area contributed by atoms with Crippen LogP contribution in [0.15, 0.2) is 18.2 Å². The SMILES string of the molecule is CC(C)(CC1CCCCC1)NC[C@@H](O)c1cccc(C#N)n1. The van der Waals surface area contributed by atoms with Gasteiger partial charge in [0.25, 0.3) is 0 Å². The van der Waals surface area contributed by atoms with Gasteiger partial charge in [0.05, 0.1) is 5.69 Å². The monoisotopic (exact) mass is 301 g/mol. The molecule has 0 amide bonds. The molecule has 120 valence electrons. The van der Waals surface area contributed by atoms with E-state index in [4.69, 9.17) is 5.26 Å². The smallest absolute Gasteiger partial charge is 0.140 e. The molecule has 0 spiro atoms. The summed E-state index contributed by atoms with van der Waals surface area (Å²) < 4.78 is 0. The lowest BCUT2D eigenvalue weighted by Gasteiger charge is -2.33. The zero-order valence-corrected chi connectivity index (χ0v) is 13.7. The fraction of sp³-hybridized carbons (Fsp3) is 0.667. The van der Waals surface area contributed by atoms with Crippen LogP contribution in [-0.4, -0.2) is 22.2 Å². The molecule has 0 bridgehead atoms. The highest BCUT2D eigenvalue weighted by Crippen LogP contribution is 2.30. The number of rotatable bonds is 6. The predicted octanol–water partition coefficient (Wildman–Crippen LogP) is 3.33. The fourth-order valence-corrected chi connectivity index (χ4v) is 3.36. The van der Waals surface area contributed by atoms with Gasteiger partial charge in [-0.2, -0.15) is 5.26 Å². The van der Waals surface area contributed by atoms with Crippen molar-refractivity contribution in [3.8, 4) is 6.07 Å². The van der Waals surface area contributed by atoms with Crippen molar-refractivity contribution >= 4 is 0 Å². The number of β-amino-alcohol motifs (C(OH)–C–C–N with tert-alkyl or cyclic N) is 1. The highest BCUT2D eigenvalue weighted by atomic mass is 16.3. The molecule has 0 aromatic carbocycles. The van der Waals surface area contributed by atoms with Crippen molar-refractivity contribution in [3.05, 3.63) is 29.6 Å². The van der Waals surface area contributed by atoms with E-state index in [9.17, 15) is 5.11 Å². The summed E-state index contributed by atoms with van der Waals surface area (Å²) in [5, 5.41) is 22.6. The van der Waals surface area contributed by atoms with E-state index < -0.39 is 6.10 Å². The molecule has 1 atom stereocenters. The van der Waals surface area contributed by atoms with Gasteiger partial charge in [-0.3, -0.25) is 0 Å². The number of nitriles is 1. The highest BCUT2D eigenvalue weighted by Gasteiger charge is 2.25. The molecule has 1 aliphatic carbocycles. The average Bonchev–Trinajstić information content (AvgIpc) is 2.53. The summed E-state index contributed by atoms with van der Waals surface area (Å²) >= 11 is 0. The molecule has 4 nitrogen and oxygen atoms in total. The molecule has 1 heterocycles. The van der Waals surface area contributed by atoms with E-state index in [1.165, 1.54) is 32.1 Å². The van der Waals surface area contributed by atoms with Crippen molar-refractivity contribution in [1.82, 2.24) is 10.3 Å². The van der Waals surface area contributed by atoms with E-state index in [0.717, 1.165) is 12.3 Å². The van der Waals surface area contributed by atoms with Gasteiger partial charge < -0.3 is 10.4 Å². The van der Waals surface area contributed by atoms with Crippen LogP contribution in [0, 0.1) is 17.2 Å². The van der Waals surface area contributed by atoms with Crippen LogP contribution in [0.25, 0.3) is 0 Å². The molecule has 0 saturated heterocycles. The van der Waals surface area contributed by atoms with E-state index in [2.05, 4.69) is 24.1 Å². The van der Waals surface area contributed by atoms with Crippen LogP contribution < -0.4 is 5.32 Å². The Morgan fingerprint density at radius 3 is 2.77 bits per heavy atom. The molecule has 2 N–H and O–H groups in total. The Hall–Kier alpha value is -1.44. The average molecular weight is 301 g/mol. The Kier molecular flexibility index (Phi) is 5.93. The fourth-order valence-electron chi connectivity index (χ4n) is 3.36. The quantitative estimate of drug-likeness (QED) is 0.845. The summed E-state index contributed by atoms with van der Waals surface area (Å²) in [5.41, 5.74) is 0.911. The summed E-state index contributed by atoms with van der Waals surface area (Å²) in [4.78, 5) is 4.16. The second-order valence-corrected chi connectivity index (χ2v) is 7.05. The molecule has 1 saturated carbocycles. The Balaban J connectivity index is 1.85. The molecule has 0 aliphatic heterocycles. The minimum atomic E-state index is -0.682. The lowest BCUT2D eigenvalue weighted by Crippen LogP contribution is -2.43. The summed E-state index contributed by atoms with van der Waals surface area (Å²) in [6.45, 7) is 4.86. The summed E-state index contributed by atoms with van der Waals surface area (Å²) in [6, 6.07) is 7.18. The maximum Gasteiger partial charge on any atom is 0.140 e. The standard InChI is InChI=1S/C18H27N3O/c1-18(2,11-14-7-4-3-5-8-14)20-13-17(22)16-10-6-9-15(12-19)21-16/h6,9-10,14,17,20,22H,3-5,7-8,11,13H2,1-2H3/t17-/m1/s1. The molecule has 0 unspecified atom stereocenters. The largest absolute Gasteiger partial charge is 0.385 e. The van der Waals surface area contributed by atoms with Crippen LogP contribution in [0.3, 0.4) is 0 Å². The van der Waals surface area contributed by atoms with Gasteiger partial charge in [-0.15, -0.1) is 0 Å². The van der Waals surface area contributed by atoms with Gasteiger partial charge in [-0.1, -0.05) is 38.2 Å². The van der Waals surface area contributed by atoms with Crippen LogP contribution in [0.1, 0.15) is 69.9 Å². The summed E-state index contributed by atoms with van der Waals surface area (Å²) in [6.07, 6.45) is 7.22. The van der Waals surface area contributed by atoms with Crippen LogP contribution in [0.5, 0.6) is 0 Å². The number of hydrogen-bond donors (Lipinski definition) is 2. The second kappa shape index (κ2) is 7.71. The maximum atomic E-state index is 10.3. The van der Waals surface area contributed by atoms with Gasteiger partial charge in [0.2, 0.25) is 0 Å². The van der Waals surface area contributed by atoms with E-state index in [0.29, 0.717) is 17.9 Å². The first kappa shape index (κ1) is 16.9. The molecule has 0 radical (unpaired) electrons. The number of nitrogens with zero attached hydrogens (tertiary/aromatic N) is 2. The van der Waals surface area contributed by atoms with Crippen molar-refractivity contribution < 1.29 is 5.11 Å². The second-order valence-electron chi connectivity index (χ2n) is 7.05. The molecule has 1 aromatic rings. The minimum absolute atomic E-state index is 0.00975. The van der Waals surface area contributed by atoms with Gasteiger partial charge in [-0.05, 0) is 38.3 Å². The minimum Gasteiger partial charge on any atom is -0.385 e. The van der Waals surface area contributed by atoms with E-state index in [-0.39, 0.29) is 5.54 Å². The molecule has 1 aliphatic rings. The third-order valence-electron chi connectivity index (χ3n) is 4.52. The molecular formula is C18H27N3O. The first-order chi connectivity index (χ1) is 10.5. The molecule has 22 heavy (non-hydrogen) atoms. The van der Waals surface area contributed by atoms with Gasteiger partial charge in [0, 0.05) is 12.1 Å². The number of aliphatic hydroxyl groups is 1. The van der Waals surface area contributed by atoms with Crippen molar-refractivity contribution in [2.45, 2.75) is 64.0 Å². The molecule has 1 fully saturated rings. The normalized spacial score (nSPS) is 17.9. The number of aromatic nitrogens is 1.